The molecule has 0 unspecified atom stereocenters. The zero-order valence-corrected chi connectivity index (χ0v) is 15.6. The highest BCUT2D eigenvalue weighted by Gasteiger charge is 2.24. The maximum absolute atomic E-state index is 12.3. The molecular formula is C19H27N5O3. The maximum atomic E-state index is 12.3. The van der Waals surface area contributed by atoms with E-state index in [1.165, 1.54) is 5.56 Å². The van der Waals surface area contributed by atoms with Gasteiger partial charge in [0, 0.05) is 25.6 Å². The number of rotatable bonds is 6. The van der Waals surface area contributed by atoms with E-state index in [1.807, 2.05) is 4.57 Å². The standard InChI is InChI=1S/C18H25N5O.CH2O2/c1-15-2-4-16(5-3-15)12-19-18(24)17-6-8-22(9-7-17)10-11-23-13-20-21-14-23;2-1-3/h2-5,13-14,17H,6-12H2,1H3,(H,19,24);1H,(H,2,3). The molecule has 2 aromatic rings. The SMILES string of the molecule is Cc1ccc(CNC(=O)C2CCN(CCn3cnnc3)CC2)cc1.O=CO. The zero-order chi connectivity index (χ0) is 19.5. The van der Waals surface area contributed by atoms with Gasteiger partial charge >= 0.3 is 0 Å². The number of hydrogen-bond donors (Lipinski definition) is 2. The fourth-order valence-electron chi connectivity index (χ4n) is 3.05. The molecule has 0 aliphatic carbocycles. The van der Waals surface area contributed by atoms with Crippen LogP contribution in [0.1, 0.15) is 24.0 Å². The van der Waals surface area contributed by atoms with Crippen molar-refractivity contribution in [1.29, 1.82) is 0 Å². The van der Waals surface area contributed by atoms with Crippen molar-refractivity contribution in [3.8, 4) is 0 Å². The number of carboxylic acid groups (broad SMARTS) is 1. The Bertz CT molecular complexity index is 680. The van der Waals surface area contributed by atoms with Crippen molar-refractivity contribution >= 4 is 12.4 Å². The normalized spacial score (nSPS) is 14.9. The van der Waals surface area contributed by atoms with Crippen molar-refractivity contribution < 1.29 is 14.7 Å². The van der Waals surface area contributed by atoms with Crippen LogP contribution >= 0.6 is 0 Å². The first-order valence-electron chi connectivity index (χ1n) is 9.08. The number of piperidine rings is 1. The molecule has 1 amide bonds. The topological polar surface area (TPSA) is 100 Å². The van der Waals surface area contributed by atoms with Crippen molar-refractivity contribution in [1.82, 2.24) is 25.0 Å². The molecule has 1 saturated heterocycles. The summed E-state index contributed by atoms with van der Waals surface area (Å²) in [6.07, 6.45) is 5.35. The van der Waals surface area contributed by atoms with E-state index >= 15 is 0 Å². The van der Waals surface area contributed by atoms with Gasteiger partial charge in [0.2, 0.25) is 5.91 Å². The van der Waals surface area contributed by atoms with Gasteiger partial charge in [-0.15, -0.1) is 10.2 Å². The van der Waals surface area contributed by atoms with E-state index in [4.69, 9.17) is 9.90 Å². The molecule has 8 nitrogen and oxygen atoms in total. The zero-order valence-electron chi connectivity index (χ0n) is 15.6. The van der Waals surface area contributed by atoms with Gasteiger partial charge in [-0.3, -0.25) is 9.59 Å². The second kappa shape index (κ2) is 11.1. The number of nitrogens with zero attached hydrogens (tertiary/aromatic N) is 4. The number of aromatic nitrogens is 3. The molecule has 0 atom stereocenters. The Kier molecular flexibility index (Phi) is 8.44. The van der Waals surface area contributed by atoms with Crippen LogP contribution in [-0.4, -0.2) is 56.8 Å². The van der Waals surface area contributed by atoms with E-state index in [2.05, 4.69) is 51.6 Å². The van der Waals surface area contributed by atoms with E-state index in [1.54, 1.807) is 12.7 Å². The monoisotopic (exact) mass is 373 g/mol. The first-order valence-corrected chi connectivity index (χ1v) is 9.08. The first-order chi connectivity index (χ1) is 13.1. The summed E-state index contributed by atoms with van der Waals surface area (Å²) in [5, 5.41) is 17.6. The first kappa shape index (κ1) is 20.6. The molecule has 0 spiro atoms. The fourth-order valence-corrected chi connectivity index (χ4v) is 3.05. The second-order valence-corrected chi connectivity index (χ2v) is 6.62. The van der Waals surface area contributed by atoms with Gasteiger partial charge in [0.25, 0.3) is 6.47 Å². The Morgan fingerprint density at radius 2 is 1.78 bits per heavy atom. The Balaban J connectivity index is 0.000000817. The molecule has 1 fully saturated rings. The van der Waals surface area contributed by atoms with Crippen LogP contribution in [0.3, 0.4) is 0 Å². The van der Waals surface area contributed by atoms with Crippen LogP contribution in [0.25, 0.3) is 0 Å². The summed E-state index contributed by atoms with van der Waals surface area (Å²) in [5.41, 5.74) is 2.39. The van der Waals surface area contributed by atoms with Crippen molar-refractivity contribution in [3.63, 3.8) is 0 Å². The predicted molar refractivity (Wildman–Crippen MR) is 101 cm³/mol. The third-order valence-corrected chi connectivity index (χ3v) is 4.69. The third-order valence-electron chi connectivity index (χ3n) is 4.69. The Morgan fingerprint density at radius 3 is 2.37 bits per heavy atom. The molecule has 8 heteroatoms. The number of likely N-dealkylation sites (tertiary alicyclic amines) is 1. The van der Waals surface area contributed by atoms with Gasteiger partial charge < -0.3 is 19.9 Å². The van der Waals surface area contributed by atoms with Gasteiger partial charge in [0.1, 0.15) is 12.7 Å². The number of carbonyl (C=O) groups excluding carboxylic acids is 1. The van der Waals surface area contributed by atoms with Crippen LogP contribution in [0.15, 0.2) is 36.9 Å². The quantitative estimate of drug-likeness (QED) is 0.741. The van der Waals surface area contributed by atoms with Gasteiger partial charge in [-0.2, -0.15) is 0 Å². The van der Waals surface area contributed by atoms with Crippen LogP contribution < -0.4 is 5.32 Å². The summed E-state index contributed by atoms with van der Waals surface area (Å²) in [6.45, 7) is 6.27. The molecule has 3 rings (SSSR count). The van der Waals surface area contributed by atoms with Gasteiger partial charge in [-0.25, -0.2) is 0 Å². The molecular weight excluding hydrogens is 346 g/mol. The number of amides is 1. The minimum Gasteiger partial charge on any atom is -0.483 e. The fraction of sp³-hybridized carbons (Fsp3) is 0.474. The van der Waals surface area contributed by atoms with Crippen molar-refractivity contribution in [2.24, 2.45) is 5.92 Å². The second-order valence-electron chi connectivity index (χ2n) is 6.62. The molecule has 146 valence electrons. The molecule has 2 heterocycles. The highest BCUT2D eigenvalue weighted by molar-refractivity contribution is 5.78. The van der Waals surface area contributed by atoms with Gasteiger partial charge in [0.05, 0.1) is 0 Å². The average Bonchev–Trinajstić information content (AvgIpc) is 3.20. The molecule has 1 aliphatic rings. The number of carbonyl (C=O) groups is 2. The van der Waals surface area contributed by atoms with E-state index in [0.29, 0.717) is 6.54 Å². The van der Waals surface area contributed by atoms with Gasteiger partial charge in [-0.1, -0.05) is 29.8 Å². The predicted octanol–water partition coefficient (Wildman–Crippen LogP) is 1.32. The summed E-state index contributed by atoms with van der Waals surface area (Å²) in [4.78, 5) is 23.1. The molecule has 1 aromatic heterocycles. The van der Waals surface area contributed by atoms with Gasteiger partial charge in [-0.05, 0) is 38.4 Å². The Morgan fingerprint density at radius 1 is 1.19 bits per heavy atom. The summed E-state index contributed by atoms with van der Waals surface area (Å²) >= 11 is 0. The van der Waals surface area contributed by atoms with E-state index in [0.717, 1.165) is 44.6 Å². The molecule has 2 N–H and O–H groups in total. The smallest absolute Gasteiger partial charge is 0.290 e. The van der Waals surface area contributed by atoms with E-state index in [-0.39, 0.29) is 18.3 Å². The van der Waals surface area contributed by atoms with Crippen molar-refractivity contribution in [2.45, 2.75) is 32.9 Å². The van der Waals surface area contributed by atoms with Crippen LogP contribution in [-0.2, 0) is 22.7 Å². The summed E-state index contributed by atoms with van der Waals surface area (Å²) in [7, 11) is 0. The highest BCUT2D eigenvalue weighted by atomic mass is 16.3. The minimum atomic E-state index is -0.250. The average molecular weight is 373 g/mol. The van der Waals surface area contributed by atoms with Crippen LogP contribution in [0.5, 0.6) is 0 Å². The molecule has 0 bridgehead atoms. The minimum absolute atomic E-state index is 0.140. The van der Waals surface area contributed by atoms with Crippen molar-refractivity contribution in [3.05, 3.63) is 48.0 Å². The number of nitrogens with one attached hydrogen (secondary N) is 1. The Hall–Kier alpha value is -2.74. The lowest BCUT2D eigenvalue weighted by Crippen LogP contribution is -2.41. The lowest BCUT2D eigenvalue weighted by molar-refractivity contribution is -0.126. The number of aryl methyl sites for hydroxylation is 1. The number of benzene rings is 1. The maximum Gasteiger partial charge on any atom is 0.290 e. The van der Waals surface area contributed by atoms with E-state index < -0.39 is 0 Å². The van der Waals surface area contributed by atoms with E-state index in [9.17, 15) is 4.79 Å². The third kappa shape index (κ3) is 7.18. The summed E-state index contributed by atoms with van der Waals surface area (Å²) < 4.78 is 1.99. The summed E-state index contributed by atoms with van der Waals surface area (Å²) in [6, 6.07) is 8.30. The summed E-state index contributed by atoms with van der Waals surface area (Å²) in [5.74, 6) is 0.329. The Labute approximate surface area is 159 Å². The van der Waals surface area contributed by atoms with Crippen LogP contribution in [0.2, 0.25) is 0 Å². The molecule has 27 heavy (non-hydrogen) atoms. The highest BCUT2D eigenvalue weighted by Crippen LogP contribution is 2.17. The van der Waals surface area contributed by atoms with Crippen LogP contribution in [0.4, 0.5) is 0 Å². The largest absolute Gasteiger partial charge is 0.483 e. The lowest BCUT2D eigenvalue weighted by atomic mass is 9.96. The number of hydrogen-bond acceptors (Lipinski definition) is 5. The molecule has 0 radical (unpaired) electrons. The van der Waals surface area contributed by atoms with Crippen molar-refractivity contribution in [2.75, 3.05) is 19.6 Å². The molecule has 0 saturated carbocycles. The molecule has 1 aliphatic heterocycles. The van der Waals surface area contributed by atoms with Gasteiger partial charge in [0.15, 0.2) is 0 Å². The lowest BCUT2D eigenvalue weighted by Gasteiger charge is -2.31. The van der Waals surface area contributed by atoms with Crippen LogP contribution in [0, 0.1) is 12.8 Å². The molecule has 1 aromatic carbocycles.